The van der Waals surface area contributed by atoms with Crippen LogP contribution >= 0.6 is 0 Å². The molecule has 2 N–H and O–H groups in total. The molecule has 2 aromatic rings. The van der Waals surface area contributed by atoms with Crippen molar-refractivity contribution in [2.75, 3.05) is 10.6 Å². The van der Waals surface area contributed by atoms with Gasteiger partial charge >= 0.3 is 5.97 Å². The van der Waals surface area contributed by atoms with E-state index in [2.05, 4.69) is 10.6 Å². The fraction of sp³-hybridized carbons (Fsp3) is 0.150. The van der Waals surface area contributed by atoms with Crippen LogP contribution in [-0.4, -0.2) is 17.8 Å². The number of anilines is 2. The fourth-order valence-corrected chi connectivity index (χ4v) is 2.19. The standard InChI is InChI=1S/C20H20N2O4/c1-13(2)11-19(24)21-17-9-4-5-10-18(17)22-20(25)15-7-6-8-16(12-15)26-14(3)23/h4-12H,1-3H3,(H,21,24)(H,22,25). The summed E-state index contributed by atoms with van der Waals surface area (Å²) in [5.41, 5.74) is 2.14. The fourth-order valence-electron chi connectivity index (χ4n) is 2.19. The molecule has 0 bridgehead atoms. The van der Waals surface area contributed by atoms with Crippen LogP contribution in [-0.2, 0) is 9.59 Å². The van der Waals surface area contributed by atoms with E-state index in [4.69, 9.17) is 4.74 Å². The first-order valence-corrected chi connectivity index (χ1v) is 8.00. The van der Waals surface area contributed by atoms with E-state index in [0.29, 0.717) is 16.9 Å². The van der Waals surface area contributed by atoms with Crippen LogP contribution < -0.4 is 15.4 Å². The van der Waals surface area contributed by atoms with Gasteiger partial charge in [-0.3, -0.25) is 14.4 Å². The largest absolute Gasteiger partial charge is 0.427 e. The van der Waals surface area contributed by atoms with E-state index in [0.717, 1.165) is 5.57 Å². The number of ether oxygens (including phenoxy) is 1. The zero-order chi connectivity index (χ0) is 19.1. The lowest BCUT2D eigenvalue weighted by Crippen LogP contribution is -2.16. The minimum absolute atomic E-state index is 0.274. The summed E-state index contributed by atoms with van der Waals surface area (Å²) in [5.74, 6) is -0.836. The van der Waals surface area contributed by atoms with Gasteiger partial charge in [-0.25, -0.2) is 0 Å². The molecule has 6 heteroatoms. The topological polar surface area (TPSA) is 84.5 Å². The van der Waals surface area contributed by atoms with Gasteiger partial charge in [0.05, 0.1) is 11.4 Å². The molecule has 0 aliphatic rings. The van der Waals surface area contributed by atoms with Gasteiger partial charge in [-0.1, -0.05) is 23.8 Å². The molecule has 134 valence electrons. The second-order valence-electron chi connectivity index (χ2n) is 5.83. The molecule has 6 nitrogen and oxygen atoms in total. The Hall–Kier alpha value is -3.41. The Morgan fingerprint density at radius 1 is 0.885 bits per heavy atom. The minimum Gasteiger partial charge on any atom is -0.427 e. The molecule has 2 amide bonds. The molecule has 2 aromatic carbocycles. The SMILES string of the molecule is CC(=O)Oc1cccc(C(=O)Nc2ccccc2NC(=O)C=C(C)C)c1. The van der Waals surface area contributed by atoms with Crippen molar-refractivity contribution in [2.45, 2.75) is 20.8 Å². The quantitative estimate of drug-likeness (QED) is 0.487. The normalized spacial score (nSPS) is 9.81. The number of amides is 2. The Balaban J connectivity index is 2.18. The van der Waals surface area contributed by atoms with Gasteiger partial charge in [-0.2, -0.15) is 0 Å². The van der Waals surface area contributed by atoms with E-state index in [9.17, 15) is 14.4 Å². The van der Waals surface area contributed by atoms with E-state index in [-0.39, 0.29) is 17.6 Å². The third kappa shape index (κ3) is 5.59. The lowest BCUT2D eigenvalue weighted by molar-refractivity contribution is -0.131. The molecule has 0 radical (unpaired) electrons. The highest BCUT2D eigenvalue weighted by Gasteiger charge is 2.11. The van der Waals surface area contributed by atoms with Crippen LogP contribution in [0.2, 0.25) is 0 Å². The molecule has 0 spiro atoms. The van der Waals surface area contributed by atoms with Crippen LogP contribution in [0.1, 0.15) is 31.1 Å². The van der Waals surface area contributed by atoms with Gasteiger partial charge in [0.1, 0.15) is 5.75 Å². The number of esters is 1. The summed E-state index contributed by atoms with van der Waals surface area (Å²) in [6.07, 6.45) is 1.47. The number of hydrogen-bond donors (Lipinski definition) is 2. The van der Waals surface area contributed by atoms with Crippen LogP contribution in [0.15, 0.2) is 60.2 Å². The van der Waals surface area contributed by atoms with Gasteiger partial charge in [-0.05, 0) is 44.2 Å². The van der Waals surface area contributed by atoms with Crippen LogP contribution in [0.5, 0.6) is 5.75 Å². The molecule has 0 saturated carbocycles. The first-order valence-electron chi connectivity index (χ1n) is 8.00. The second-order valence-corrected chi connectivity index (χ2v) is 5.83. The van der Waals surface area contributed by atoms with Crippen LogP contribution in [0.3, 0.4) is 0 Å². The van der Waals surface area contributed by atoms with E-state index in [1.165, 1.54) is 19.1 Å². The monoisotopic (exact) mass is 352 g/mol. The van der Waals surface area contributed by atoms with Gasteiger partial charge in [0.2, 0.25) is 5.91 Å². The zero-order valence-corrected chi connectivity index (χ0v) is 14.8. The molecule has 0 heterocycles. The molecule has 0 saturated heterocycles. The summed E-state index contributed by atoms with van der Waals surface area (Å²) >= 11 is 0. The molecular formula is C20H20N2O4. The lowest BCUT2D eigenvalue weighted by Gasteiger charge is -2.12. The van der Waals surface area contributed by atoms with Gasteiger partial charge in [0.15, 0.2) is 0 Å². The third-order valence-corrected chi connectivity index (χ3v) is 3.21. The number of benzene rings is 2. The van der Waals surface area contributed by atoms with E-state index < -0.39 is 5.97 Å². The summed E-state index contributed by atoms with van der Waals surface area (Å²) in [6.45, 7) is 4.94. The van der Waals surface area contributed by atoms with Crippen molar-refractivity contribution in [1.82, 2.24) is 0 Å². The van der Waals surface area contributed by atoms with Crippen molar-refractivity contribution in [3.63, 3.8) is 0 Å². The number of nitrogens with one attached hydrogen (secondary N) is 2. The average Bonchev–Trinajstić information content (AvgIpc) is 2.55. The molecule has 0 aliphatic carbocycles. The maximum absolute atomic E-state index is 12.5. The average molecular weight is 352 g/mol. The van der Waals surface area contributed by atoms with E-state index in [1.54, 1.807) is 42.5 Å². The highest BCUT2D eigenvalue weighted by atomic mass is 16.5. The summed E-state index contributed by atoms with van der Waals surface area (Å²) in [7, 11) is 0. The van der Waals surface area contributed by atoms with E-state index >= 15 is 0 Å². The Morgan fingerprint density at radius 2 is 1.54 bits per heavy atom. The first kappa shape index (κ1) is 18.9. The predicted molar refractivity (Wildman–Crippen MR) is 100 cm³/mol. The van der Waals surface area contributed by atoms with Crippen LogP contribution in [0, 0.1) is 0 Å². The number of rotatable bonds is 5. The number of para-hydroxylation sites is 2. The molecule has 26 heavy (non-hydrogen) atoms. The Morgan fingerprint density at radius 3 is 2.15 bits per heavy atom. The molecule has 0 unspecified atom stereocenters. The number of carbonyl (C=O) groups is 3. The lowest BCUT2D eigenvalue weighted by atomic mass is 10.2. The van der Waals surface area contributed by atoms with Crippen molar-refractivity contribution >= 4 is 29.2 Å². The van der Waals surface area contributed by atoms with Crippen LogP contribution in [0.25, 0.3) is 0 Å². The summed E-state index contributed by atoms with van der Waals surface area (Å²) < 4.78 is 4.99. The Labute approximate surface area is 151 Å². The molecule has 0 fully saturated rings. The molecule has 0 atom stereocenters. The van der Waals surface area contributed by atoms with Crippen molar-refractivity contribution < 1.29 is 19.1 Å². The van der Waals surface area contributed by atoms with E-state index in [1.807, 2.05) is 13.8 Å². The first-order chi connectivity index (χ1) is 12.3. The smallest absolute Gasteiger partial charge is 0.308 e. The van der Waals surface area contributed by atoms with Crippen molar-refractivity contribution in [2.24, 2.45) is 0 Å². The van der Waals surface area contributed by atoms with Gasteiger partial charge < -0.3 is 15.4 Å². The number of hydrogen-bond acceptors (Lipinski definition) is 4. The number of allylic oxidation sites excluding steroid dienone is 1. The molecular weight excluding hydrogens is 332 g/mol. The highest BCUT2D eigenvalue weighted by molar-refractivity contribution is 6.08. The zero-order valence-electron chi connectivity index (χ0n) is 14.8. The van der Waals surface area contributed by atoms with Gasteiger partial charge in [0.25, 0.3) is 5.91 Å². The molecule has 0 aliphatic heterocycles. The van der Waals surface area contributed by atoms with Crippen LogP contribution in [0.4, 0.5) is 11.4 Å². The number of carbonyl (C=O) groups excluding carboxylic acids is 3. The van der Waals surface area contributed by atoms with Gasteiger partial charge in [0, 0.05) is 18.6 Å². The highest BCUT2D eigenvalue weighted by Crippen LogP contribution is 2.22. The maximum Gasteiger partial charge on any atom is 0.308 e. The van der Waals surface area contributed by atoms with Crippen molar-refractivity contribution in [1.29, 1.82) is 0 Å². The van der Waals surface area contributed by atoms with Gasteiger partial charge in [-0.15, -0.1) is 0 Å². The molecule has 0 aromatic heterocycles. The Kier molecular flexibility index (Phi) is 6.27. The summed E-state index contributed by atoms with van der Waals surface area (Å²) in [6, 6.07) is 13.2. The molecule has 2 rings (SSSR count). The Bertz CT molecular complexity index is 868. The summed E-state index contributed by atoms with van der Waals surface area (Å²) in [5, 5.41) is 5.49. The third-order valence-electron chi connectivity index (χ3n) is 3.21. The maximum atomic E-state index is 12.5. The summed E-state index contributed by atoms with van der Waals surface area (Å²) in [4.78, 5) is 35.5. The minimum atomic E-state index is -0.463. The van der Waals surface area contributed by atoms with Crippen molar-refractivity contribution in [3.8, 4) is 5.75 Å². The predicted octanol–water partition coefficient (Wildman–Crippen LogP) is 3.77. The second kappa shape index (κ2) is 8.62. The van der Waals surface area contributed by atoms with Crippen molar-refractivity contribution in [3.05, 3.63) is 65.7 Å².